The first-order valence-corrected chi connectivity index (χ1v) is 8.08. The van der Waals surface area contributed by atoms with Crippen molar-refractivity contribution < 1.29 is 15.0 Å². The highest BCUT2D eigenvalue weighted by atomic mass is 16.4. The first kappa shape index (κ1) is 15.7. The van der Waals surface area contributed by atoms with Crippen molar-refractivity contribution >= 4 is 22.6 Å². The molecule has 2 N–H and O–H groups in total. The highest BCUT2D eigenvalue weighted by Gasteiger charge is 2.48. The lowest BCUT2D eigenvalue weighted by molar-refractivity contribution is -0.158. The molecule has 2 heterocycles. The van der Waals surface area contributed by atoms with Crippen LogP contribution in [0.4, 0.5) is 5.82 Å². The van der Waals surface area contributed by atoms with E-state index in [1.54, 1.807) is 6.20 Å². The number of aliphatic hydroxyl groups is 1. The Bertz CT molecular complexity index is 713. The van der Waals surface area contributed by atoms with E-state index in [0.29, 0.717) is 25.9 Å². The summed E-state index contributed by atoms with van der Waals surface area (Å²) in [7, 11) is 0. The molecular formula is C18H22N2O3. The van der Waals surface area contributed by atoms with E-state index in [1.165, 1.54) is 0 Å². The number of benzene rings is 1. The lowest BCUT2D eigenvalue weighted by Gasteiger charge is -2.44. The summed E-state index contributed by atoms with van der Waals surface area (Å²) in [5.41, 5.74) is -1.12. The van der Waals surface area contributed by atoms with Crippen LogP contribution in [-0.2, 0) is 4.79 Å². The first-order chi connectivity index (χ1) is 11.1. The number of pyridine rings is 1. The number of rotatable bonds is 4. The smallest absolute Gasteiger partial charge is 0.314 e. The van der Waals surface area contributed by atoms with Gasteiger partial charge in [0.2, 0.25) is 0 Å². The van der Waals surface area contributed by atoms with Gasteiger partial charge in [0.1, 0.15) is 11.2 Å². The molecule has 5 nitrogen and oxygen atoms in total. The minimum atomic E-state index is -1.12. The van der Waals surface area contributed by atoms with E-state index in [1.807, 2.05) is 42.2 Å². The molecule has 0 aliphatic carbocycles. The average molecular weight is 314 g/mol. The van der Waals surface area contributed by atoms with Crippen molar-refractivity contribution in [1.82, 2.24) is 4.98 Å². The van der Waals surface area contributed by atoms with Crippen LogP contribution in [0, 0.1) is 5.41 Å². The Kier molecular flexibility index (Phi) is 4.22. The standard InChI is InChI=1S/C18H22N2O3/c1-2-9-18(17(22)23)12-20(11-8-15(18)21)16-14-6-4-3-5-13(14)7-10-19-16/h3-7,10,15,21H,2,8-9,11-12H2,1H3,(H,22,23)/t15-,18-/m1/s1. The molecule has 23 heavy (non-hydrogen) atoms. The molecule has 0 unspecified atom stereocenters. The van der Waals surface area contributed by atoms with E-state index >= 15 is 0 Å². The third kappa shape index (κ3) is 2.65. The quantitative estimate of drug-likeness (QED) is 0.907. The third-order valence-electron chi connectivity index (χ3n) is 4.86. The number of anilines is 1. The van der Waals surface area contributed by atoms with Gasteiger partial charge in [-0.05, 0) is 24.3 Å². The topological polar surface area (TPSA) is 73.7 Å². The van der Waals surface area contributed by atoms with E-state index < -0.39 is 17.5 Å². The van der Waals surface area contributed by atoms with Crippen molar-refractivity contribution in [2.75, 3.05) is 18.0 Å². The molecule has 122 valence electrons. The minimum absolute atomic E-state index is 0.290. The Morgan fingerprint density at radius 2 is 2.17 bits per heavy atom. The zero-order valence-electron chi connectivity index (χ0n) is 13.3. The van der Waals surface area contributed by atoms with Crippen LogP contribution in [0.25, 0.3) is 10.8 Å². The SMILES string of the molecule is CCC[C@@]1(C(=O)O)CN(c2nccc3ccccc23)CC[C@H]1O. The van der Waals surface area contributed by atoms with E-state index in [-0.39, 0.29) is 0 Å². The second-order valence-electron chi connectivity index (χ2n) is 6.29. The normalized spacial score (nSPS) is 24.8. The summed E-state index contributed by atoms with van der Waals surface area (Å²) in [4.78, 5) is 18.4. The van der Waals surface area contributed by atoms with Gasteiger partial charge in [0.05, 0.1) is 6.10 Å². The third-order valence-corrected chi connectivity index (χ3v) is 4.86. The molecule has 0 amide bonds. The van der Waals surface area contributed by atoms with Crippen LogP contribution >= 0.6 is 0 Å². The number of piperidine rings is 1. The predicted molar refractivity (Wildman–Crippen MR) is 89.6 cm³/mol. The summed E-state index contributed by atoms with van der Waals surface area (Å²) >= 11 is 0. The molecule has 0 spiro atoms. The monoisotopic (exact) mass is 314 g/mol. The largest absolute Gasteiger partial charge is 0.481 e. The summed E-state index contributed by atoms with van der Waals surface area (Å²) < 4.78 is 0. The van der Waals surface area contributed by atoms with Gasteiger partial charge < -0.3 is 15.1 Å². The number of hydrogen-bond acceptors (Lipinski definition) is 4. The second-order valence-corrected chi connectivity index (χ2v) is 6.29. The first-order valence-electron chi connectivity index (χ1n) is 8.08. The molecule has 1 aliphatic rings. The van der Waals surface area contributed by atoms with Gasteiger partial charge >= 0.3 is 5.97 Å². The van der Waals surface area contributed by atoms with Gasteiger partial charge in [-0.3, -0.25) is 4.79 Å². The van der Waals surface area contributed by atoms with Crippen LogP contribution in [0.15, 0.2) is 36.5 Å². The molecule has 3 rings (SSSR count). The lowest BCUT2D eigenvalue weighted by atomic mass is 9.74. The Balaban J connectivity index is 2.01. The number of nitrogens with zero attached hydrogens (tertiary/aromatic N) is 2. The Labute approximate surface area is 135 Å². The van der Waals surface area contributed by atoms with Crippen molar-refractivity contribution in [3.63, 3.8) is 0 Å². The maximum atomic E-state index is 11.9. The lowest BCUT2D eigenvalue weighted by Crippen LogP contribution is -2.56. The van der Waals surface area contributed by atoms with Gasteiger partial charge in [-0.25, -0.2) is 4.98 Å². The van der Waals surface area contributed by atoms with E-state index in [0.717, 1.165) is 23.0 Å². The van der Waals surface area contributed by atoms with Crippen LogP contribution in [-0.4, -0.2) is 40.4 Å². The number of aromatic nitrogens is 1. The van der Waals surface area contributed by atoms with Crippen LogP contribution < -0.4 is 4.90 Å². The van der Waals surface area contributed by atoms with E-state index in [4.69, 9.17) is 0 Å². The number of hydrogen-bond donors (Lipinski definition) is 2. The molecular weight excluding hydrogens is 292 g/mol. The summed E-state index contributed by atoms with van der Waals surface area (Å²) in [6.07, 6.45) is 2.57. The van der Waals surface area contributed by atoms with Gasteiger partial charge in [0.15, 0.2) is 0 Å². The Hall–Kier alpha value is -2.14. The molecule has 1 saturated heterocycles. The molecule has 1 aromatic carbocycles. The summed E-state index contributed by atoms with van der Waals surface area (Å²) in [6, 6.07) is 9.92. The molecule has 5 heteroatoms. The summed E-state index contributed by atoms with van der Waals surface area (Å²) in [5, 5.41) is 22.2. The Morgan fingerprint density at radius 1 is 1.39 bits per heavy atom. The van der Waals surface area contributed by atoms with Gasteiger partial charge in [-0.1, -0.05) is 37.6 Å². The molecule has 2 atom stereocenters. The molecule has 0 radical (unpaired) electrons. The average Bonchev–Trinajstić information content (AvgIpc) is 2.56. The zero-order chi connectivity index (χ0) is 16.4. The zero-order valence-corrected chi connectivity index (χ0v) is 13.3. The van der Waals surface area contributed by atoms with Gasteiger partial charge in [0, 0.05) is 24.7 Å². The number of carbonyl (C=O) groups is 1. The second kappa shape index (κ2) is 6.16. The minimum Gasteiger partial charge on any atom is -0.481 e. The van der Waals surface area contributed by atoms with Crippen LogP contribution in [0.2, 0.25) is 0 Å². The van der Waals surface area contributed by atoms with Crippen molar-refractivity contribution in [2.45, 2.75) is 32.3 Å². The van der Waals surface area contributed by atoms with Crippen molar-refractivity contribution in [3.05, 3.63) is 36.5 Å². The molecule has 0 saturated carbocycles. The summed E-state index contributed by atoms with van der Waals surface area (Å²) in [6.45, 7) is 2.85. The fourth-order valence-electron chi connectivity index (χ4n) is 3.62. The maximum Gasteiger partial charge on any atom is 0.314 e. The number of aliphatic hydroxyl groups excluding tert-OH is 1. The van der Waals surface area contributed by atoms with Crippen LogP contribution in [0.5, 0.6) is 0 Å². The molecule has 1 aromatic heterocycles. The fraction of sp³-hybridized carbons (Fsp3) is 0.444. The molecule has 2 aromatic rings. The molecule has 1 fully saturated rings. The van der Waals surface area contributed by atoms with Gasteiger partial charge in [-0.15, -0.1) is 0 Å². The predicted octanol–water partition coefficient (Wildman–Crippen LogP) is 2.68. The number of carboxylic acids is 1. The summed E-state index contributed by atoms with van der Waals surface area (Å²) in [5.74, 6) is -0.117. The van der Waals surface area contributed by atoms with Crippen LogP contribution in [0.3, 0.4) is 0 Å². The highest BCUT2D eigenvalue weighted by Crippen LogP contribution is 2.38. The fourth-order valence-corrected chi connectivity index (χ4v) is 3.62. The number of aliphatic carboxylic acids is 1. The Morgan fingerprint density at radius 3 is 2.91 bits per heavy atom. The molecule has 0 bridgehead atoms. The highest BCUT2D eigenvalue weighted by molar-refractivity contribution is 5.92. The van der Waals surface area contributed by atoms with Crippen molar-refractivity contribution in [2.24, 2.45) is 5.41 Å². The van der Waals surface area contributed by atoms with E-state index in [9.17, 15) is 15.0 Å². The number of carboxylic acid groups (broad SMARTS) is 1. The van der Waals surface area contributed by atoms with Crippen molar-refractivity contribution in [1.29, 1.82) is 0 Å². The van der Waals surface area contributed by atoms with Crippen molar-refractivity contribution in [3.8, 4) is 0 Å². The van der Waals surface area contributed by atoms with Crippen LogP contribution in [0.1, 0.15) is 26.2 Å². The van der Waals surface area contributed by atoms with Gasteiger partial charge in [-0.2, -0.15) is 0 Å². The molecule has 1 aliphatic heterocycles. The maximum absolute atomic E-state index is 11.9. The number of fused-ring (bicyclic) bond motifs is 1. The van der Waals surface area contributed by atoms with Gasteiger partial charge in [0.25, 0.3) is 0 Å². The van der Waals surface area contributed by atoms with E-state index in [2.05, 4.69) is 4.98 Å².